The second kappa shape index (κ2) is 10.7. The molecule has 3 aromatic rings. The van der Waals surface area contributed by atoms with Crippen molar-refractivity contribution in [1.82, 2.24) is 0 Å². The number of hydrogen-bond acceptors (Lipinski definition) is 1. The molecule has 0 aliphatic carbocycles. The Bertz CT molecular complexity index is 847. The lowest BCUT2D eigenvalue weighted by atomic mass is 9.35. The predicted octanol–water partition coefficient (Wildman–Crippen LogP) is 5.39. The van der Waals surface area contributed by atoms with E-state index in [1.807, 2.05) is 0 Å². The van der Waals surface area contributed by atoms with Crippen LogP contribution in [-0.4, -0.2) is 12.8 Å². The van der Waals surface area contributed by atoms with Gasteiger partial charge in [0.05, 0.1) is 6.10 Å². The highest BCUT2D eigenvalue weighted by Gasteiger charge is 2.29. The van der Waals surface area contributed by atoms with Gasteiger partial charge in [0.1, 0.15) is 5.75 Å². The second-order valence-corrected chi connectivity index (χ2v) is 9.73. The average molecular weight is 412 g/mol. The summed E-state index contributed by atoms with van der Waals surface area (Å²) in [5, 5.41) is 0. The molecule has 2 heteroatoms. The quantitative estimate of drug-likeness (QED) is 0.429. The van der Waals surface area contributed by atoms with E-state index in [9.17, 15) is 0 Å². The third kappa shape index (κ3) is 6.03. The summed E-state index contributed by atoms with van der Waals surface area (Å²) in [5.41, 5.74) is 6.91. The highest BCUT2D eigenvalue weighted by atomic mass is 16.5. The minimum Gasteiger partial charge on any atom is -0.492 e. The van der Waals surface area contributed by atoms with Crippen LogP contribution in [0, 0.1) is 11.8 Å². The summed E-state index contributed by atoms with van der Waals surface area (Å²) < 4.78 is 6.31. The first-order valence-corrected chi connectivity index (χ1v) is 11.8. The lowest BCUT2D eigenvalue weighted by Crippen LogP contribution is -2.55. The Morgan fingerprint density at radius 1 is 0.581 bits per heavy atom. The molecule has 0 aliphatic rings. The molecule has 3 rings (SSSR count). The van der Waals surface area contributed by atoms with Crippen molar-refractivity contribution in [1.29, 1.82) is 0 Å². The smallest absolute Gasteiger partial charge is 0.246 e. The topological polar surface area (TPSA) is 9.23 Å². The zero-order valence-electron chi connectivity index (χ0n) is 20.1. The van der Waals surface area contributed by atoms with E-state index in [0.29, 0.717) is 11.8 Å². The SMILES string of the molecule is CC(C)Cc1ccccc1B(c1ccccc1CC(C)C)c1ccccc1OC(C)C. The van der Waals surface area contributed by atoms with Crippen LogP contribution in [0.25, 0.3) is 0 Å². The molecule has 3 aromatic carbocycles. The molecule has 0 saturated carbocycles. The molecular formula is C29H37BO. The number of para-hydroxylation sites is 1. The number of benzene rings is 3. The molecule has 0 spiro atoms. The van der Waals surface area contributed by atoms with Crippen LogP contribution in [0.4, 0.5) is 0 Å². The number of ether oxygens (including phenoxy) is 1. The highest BCUT2D eigenvalue weighted by molar-refractivity contribution is 6.96. The highest BCUT2D eigenvalue weighted by Crippen LogP contribution is 2.16. The Labute approximate surface area is 189 Å². The molecular weight excluding hydrogens is 375 g/mol. The molecule has 0 amide bonds. The fraction of sp³-hybridized carbons (Fsp3) is 0.379. The summed E-state index contributed by atoms with van der Waals surface area (Å²) in [6.45, 7) is 13.6. The molecule has 162 valence electrons. The molecule has 0 aliphatic heterocycles. The Morgan fingerprint density at radius 2 is 1.00 bits per heavy atom. The van der Waals surface area contributed by atoms with Crippen LogP contribution in [0.3, 0.4) is 0 Å². The average Bonchev–Trinajstić information content (AvgIpc) is 2.70. The van der Waals surface area contributed by atoms with Crippen molar-refractivity contribution in [3.8, 4) is 5.75 Å². The summed E-state index contributed by atoms with van der Waals surface area (Å²) in [7, 11) is 0. The molecule has 0 N–H and O–H groups in total. The normalized spacial score (nSPS) is 11.4. The fourth-order valence-corrected chi connectivity index (χ4v) is 4.47. The maximum Gasteiger partial charge on any atom is 0.246 e. The Kier molecular flexibility index (Phi) is 8.01. The van der Waals surface area contributed by atoms with E-state index in [1.165, 1.54) is 27.5 Å². The zero-order chi connectivity index (χ0) is 22.4. The lowest BCUT2D eigenvalue weighted by molar-refractivity contribution is 0.244. The van der Waals surface area contributed by atoms with E-state index in [0.717, 1.165) is 18.6 Å². The van der Waals surface area contributed by atoms with Crippen molar-refractivity contribution >= 4 is 23.1 Å². The zero-order valence-corrected chi connectivity index (χ0v) is 20.1. The van der Waals surface area contributed by atoms with Gasteiger partial charge in [0.25, 0.3) is 0 Å². The van der Waals surface area contributed by atoms with E-state index in [4.69, 9.17) is 4.74 Å². The first-order valence-electron chi connectivity index (χ1n) is 11.8. The maximum atomic E-state index is 6.31. The third-order valence-corrected chi connectivity index (χ3v) is 5.58. The number of rotatable bonds is 9. The largest absolute Gasteiger partial charge is 0.492 e. The molecule has 0 saturated heterocycles. The van der Waals surface area contributed by atoms with Gasteiger partial charge in [-0.15, -0.1) is 0 Å². The third-order valence-electron chi connectivity index (χ3n) is 5.58. The van der Waals surface area contributed by atoms with Crippen LogP contribution in [-0.2, 0) is 12.8 Å². The first kappa shape index (κ1) is 23.2. The van der Waals surface area contributed by atoms with Gasteiger partial charge in [-0.05, 0) is 50.1 Å². The predicted molar refractivity (Wildman–Crippen MR) is 137 cm³/mol. The van der Waals surface area contributed by atoms with Crippen LogP contribution in [0.1, 0.15) is 52.7 Å². The van der Waals surface area contributed by atoms with Crippen LogP contribution < -0.4 is 21.1 Å². The Morgan fingerprint density at radius 3 is 1.45 bits per heavy atom. The molecule has 0 bridgehead atoms. The molecule has 0 aromatic heterocycles. The van der Waals surface area contributed by atoms with E-state index >= 15 is 0 Å². The van der Waals surface area contributed by atoms with Crippen LogP contribution in [0.15, 0.2) is 72.8 Å². The van der Waals surface area contributed by atoms with Crippen LogP contribution in [0.5, 0.6) is 5.75 Å². The minimum atomic E-state index is 0.138. The van der Waals surface area contributed by atoms with Gasteiger partial charge in [-0.3, -0.25) is 0 Å². The van der Waals surface area contributed by atoms with Crippen molar-refractivity contribution in [2.24, 2.45) is 11.8 Å². The Balaban J connectivity index is 2.26. The molecule has 0 unspecified atom stereocenters. The van der Waals surface area contributed by atoms with Gasteiger partial charge in [0.2, 0.25) is 6.71 Å². The van der Waals surface area contributed by atoms with E-state index in [2.05, 4.69) is 114 Å². The Hall–Kier alpha value is -2.48. The van der Waals surface area contributed by atoms with E-state index < -0.39 is 0 Å². The van der Waals surface area contributed by atoms with Crippen molar-refractivity contribution < 1.29 is 4.74 Å². The van der Waals surface area contributed by atoms with E-state index in [-0.39, 0.29) is 12.8 Å². The summed E-state index contributed by atoms with van der Waals surface area (Å²) in [6.07, 6.45) is 2.29. The van der Waals surface area contributed by atoms with Crippen LogP contribution in [0.2, 0.25) is 0 Å². The van der Waals surface area contributed by atoms with Crippen molar-refractivity contribution in [2.75, 3.05) is 0 Å². The monoisotopic (exact) mass is 412 g/mol. The van der Waals surface area contributed by atoms with Gasteiger partial charge in [-0.1, -0.05) is 116 Å². The fourth-order valence-electron chi connectivity index (χ4n) is 4.47. The standard InChI is InChI=1S/C29H37BO/c1-21(2)19-24-13-7-9-15-26(24)30(27-16-10-8-14-25(27)20-22(3)4)28-17-11-12-18-29(28)31-23(5)6/h7-18,21-23H,19-20H2,1-6H3. The molecule has 0 atom stereocenters. The van der Waals surface area contributed by atoms with Crippen molar-refractivity contribution in [3.63, 3.8) is 0 Å². The second-order valence-electron chi connectivity index (χ2n) is 9.73. The summed E-state index contributed by atoms with van der Waals surface area (Å²) >= 11 is 0. The first-order chi connectivity index (χ1) is 14.9. The van der Waals surface area contributed by atoms with Gasteiger partial charge >= 0.3 is 0 Å². The van der Waals surface area contributed by atoms with Crippen molar-refractivity contribution in [3.05, 3.63) is 83.9 Å². The van der Waals surface area contributed by atoms with Gasteiger partial charge in [0.15, 0.2) is 0 Å². The van der Waals surface area contributed by atoms with Gasteiger partial charge in [-0.25, -0.2) is 0 Å². The maximum absolute atomic E-state index is 6.31. The van der Waals surface area contributed by atoms with E-state index in [1.54, 1.807) is 0 Å². The number of hydrogen-bond donors (Lipinski definition) is 0. The van der Waals surface area contributed by atoms with Crippen LogP contribution >= 0.6 is 0 Å². The molecule has 1 nitrogen and oxygen atoms in total. The molecule has 0 heterocycles. The molecule has 0 fully saturated rings. The molecule has 31 heavy (non-hydrogen) atoms. The lowest BCUT2D eigenvalue weighted by Gasteiger charge is -2.25. The van der Waals surface area contributed by atoms with Gasteiger partial charge in [-0.2, -0.15) is 0 Å². The van der Waals surface area contributed by atoms with Gasteiger partial charge < -0.3 is 4.74 Å². The van der Waals surface area contributed by atoms with Gasteiger partial charge in [0, 0.05) is 0 Å². The summed E-state index contributed by atoms with van der Waals surface area (Å²) in [6, 6.07) is 26.6. The summed E-state index contributed by atoms with van der Waals surface area (Å²) in [5.74, 6) is 2.20. The minimum absolute atomic E-state index is 0.138. The van der Waals surface area contributed by atoms with Crippen molar-refractivity contribution in [2.45, 2.75) is 60.5 Å². The summed E-state index contributed by atoms with van der Waals surface area (Å²) in [4.78, 5) is 0. The molecule has 0 radical (unpaired) electrons.